The minimum atomic E-state index is -0.317. The van der Waals surface area contributed by atoms with Gasteiger partial charge in [0.25, 0.3) is 11.8 Å². The number of halogens is 1. The minimum Gasteiger partial charge on any atom is -0.348 e. The predicted octanol–water partition coefficient (Wildman–Crippen LogP) is 2.39. The minimum absolute atomic E-state index is 0.0896. The van der Waals surface area contributed by atoms with Crippen LogP contribution < -0.4 is 5.32 Å². The smallest absolute Gasteiger partial charge is 0.255 e. The average molecular weight is 327 g/mol. The topological polar surface area (TPSA) is 62.3 Å². The van der Waals surface area contributed by atoms with Crippen molar-refractivity contribution in [2.24, 2.45) is 0 Å². The Morgan fingerprint density at radius 1 is 1.08 bits per heavy atom. The monoisotopic (exact) mass is 327 g/mol. The molecular formula is C18H18FN3O2. The molecule has 1 N–H and O–H groups in total. The summed E-state index contributed by atoms with van der Waals surface area (Å²) >= 11 is 0. The van der Waals surface area contributed by atoms with Gasteiger partial charge < -0.3 is 10.2 Å². The third-order valence-electron chi connectivity index (χ3n) is 4.01. The lowest BCUT2D eigenvalue weighted by molar-refractivity contribution is 0.0792. The fraction of sp³-hybridized carbons (Fsp3) is 0.278. The molecule has 1 aliphatic heterocycles. The molecule has 124 valence electrons. The lowest BCUT2D eigenvalue weighted by Gasteiger charge is -2.15. The van der Waals surface area contributed by atoms with Crippen LogP contribution in [0.5, 0.6) is 0 Å². The summed E-state index contributed by atoms with van der Waals surface area (Å²) in [5, 5.41) is 2.74. The highest BCUT2D eigenvalue weighted by atomic mass is 19.1. The summed E-state index contributed by atoms with van der Waals surface area (Å²) in [6, 6.07) is 7.48. The molecule has 6 heteroatoms. The van der Waals surface area contributed by atoms with Crippen LogP contribution in [0.2, 0.25) is 0 Å². The van der Waals surface area contributed by atoms with Crippen LogP contribution in [0.1, 0.15) is 39.1 Å². The summed E-state index contributed by atoms with van der Waals surface area (Å²) in [5.41, 5.74) is 1.55. The highest BCUT2D eigenvalue weighted by Gasteiger charge is 2.20. The summed E-state index contributed by atoms with van der Waals surface area (Å²) in [6.45, 7) is 1.78. The second kappa shape index (κ2) is 7.21. The number of benzene rings is 1. The number of nitrogens with one attached hydrogen (secondary N) is 1. The molecule has 3 rings (SSSR count). The maximum absolute atomic E-state index is 12.9. The Morgan fingerprint density at radius 3 is 2.46 bits per heavy atom. The number of amides is 2. The van der Waals surface area contributed by atoms with Crippen molar-refractivity contribution in [3.05, 3.63) is 65.2 Å². The summed E-state index contributed by atoms with van der Waals surface area (Å²) in [5.74, 6) is -0.724. The molecule has 0 bridgehead atoms. The number of nitrogens with zero attached hydrogens (tertiary/aromatic N) is 2. The SMILES string of the molecule is O=C(NCc1ccc(F)cc1)c1cncc(C(=O)N2CCCC2)c1. The van der Waals surface area contributed by atoms with E-state index in [0.29, 0.717) is 11.1 Å². The Morgan fingerprint density at radius 2 is 1.75 bits per heavy atom. The predicted molar refractivity (Wildman–Crippen MR) is 86.9 cm³/mol. The number of hydrogen-bond acceptors (Lipinski definition) is 3. The molecule has 0 unspecified atom stereocenters. The maximum Gasteiger partial charge on any atom is 0.255 e. The Kier molecular flexibility index (Phi) is 4.84. The summed E-state index contributed by atoms with van der Waals surface area (Å²) in [6.07, 6.45) is 4.94. The van der Waals surface area contributed by atoms with E-state index < -0.39 is 0 Å². The largest absolute Gasteiger partial charge is 0.348 e. The normalized spacial score (nSPS) is 13.8. The van der Waals surface area contributed by atoms with Crippen molar-refractivity contribution in [1.82, 2.24) is 15.2 Å². The van der Waals surface area contributed by atoms with E-state index in [2.05, 4.69) is 10.3 Å². The first-order chi connectivity index (χ1) is 11.6. The maximum atomic E-state index is 12.9. The molecule has 24 heavy (non-hydrogen) atoms. The van der Waals surface area contributed by atoms with E-state index in [-0.39, 0.29) is 24.2 Å². The summed E-state index contributed by atoms with van der Waals surface area (Å²) < 4.78 is 12.9. The molecule has 2 heterocycles. The van der Waals surface area contributed by atoms with Crippen LogP contribution in [0, 0.1) is 5.82 Å². The molecular weight excluding hydrogens is 309 g/mol. The first kappa shape index (κ1) is 16.1. The Labute approximate surface area is 139 Å². The molecule has 1 aromatic heterocycles. The van der Waals surface area contributed by atoms with Gasteiger partial charge in [-0.25, -0.2) is 4.39 Å². The highest BCUT2D eigenvalue weighted by molar-refractivity contribution is 5.99. The quantitative estimate of drug-likeness (QED) is 0.938. The van der Waals surface area contributed by atoms with Gasteiger partial charge in [0.05, 0.1) is 11.1 Å². The van der Waals surface area contributed by atoms with Gasteiger partial charge in [0.2, 0.25) is 0 Å². The Hall–Kier alpha value is -2.76. The summed E-state index contributed by atoms with van der Waals surface area (Å²) in [4.78, 5) is 30.4. The zero-order chi connectivity index (χ0) is 16.9. The lowest BCUT2D eigenvalue weighted by atomic mass is 10.1. The zero-order valence-corrected chi connectivity index (χ0v) is 13.2. The summed E-state index contributed by atoms with van der Waals surface area (Å²) in [7, 11) is 0. The molecule has 5 nitrogen and oxygen atoms in total. The number of carbonyl (C=O) groups excluding carboxylic acids is 2. The van der Waals surface area contributed by atoms with Crippen molar-refractivity contribution >= 4 is 11.8 Å². The van der Waals surface area contributed by atoms with Gasteiger partial charge in [0.15, 0.2) is 0 Å². The molecule has 1 saturated heterocycles. The van der Waals surface area contributed by atoms with Crippen LogP contribution in [-0.2, 0) is 6.54 Å². The van der Waals surface area contributed by atoms with Crippen LogP contribution >= 0.6 is 0 Å². The fourth-order valence-electron chi connectivity index (χ4n) is 2.67. The standard InChI is InChI=1S/C18H18FN3O2/c19-16-5-3-13(4-6-16)10-21-17(23)14-9-15(12-20-11-14)18(24)22-7-1-2-8-22/h3-6,9,11-12H,1-2,7-8,10H2,(H,21,23). The van der Waals surface area contributed by atoms with Crippen LogP contribution in [0.4, 0.5) is 4.39 Å². The molecule has 0 aliphatic carbocycles. The van der Waals surface area contributed by atoms with Gasteiger partial charge >= 0.3 is 0 Å². The van der Waals surface area contributed by atoms with Crippen LogP contribution in [0.15, 0.2) is 42.7 Å². The van der Waals surface area contributed by atoms with E-state index in [1.54, 1.807) is 23.1 Å². The third kappa shape index (κ3) is 3.76. The van der Waals surface area contributed by atoms with E-state index in [1.807, 2.05) is 0 Å². The van der Waals surface area contributed by atoms with Crippen molar-refractivity contribution < 1.29 is 14.0 Å². The molecule has 1 fully saturated rings. The highest BCUT2D eigenvalue weighted by Crippen LogP contribution is 2.13. The molecule has 0 atom stereocenters. The molecule has 0 spiro atoms. The van der Waals surface area contributed by atoms with Crippen LogP contribution in [-0.4, -0.2) is 34.8 Å². The van der Waals surface area contributed by atoms with Gasteiger partial charge in [-0.2, -0.15) is 0 Å². The third-order valence-corrected chi connectivity index (χ3v) is 4.01. The lowest BCUT2D eigenvalue weighted by Crippen LogP contribution is -2.28. The molecule has 2 aromatic rings. The van der Waals surface area contributed by atoms with Gasteiger partial charge in [-0.1, -0.05) is 12.1 Å². The van der Waals surface area contributed by atoms with Gasteiger partial charge in [0, 0.05) is 32.0 Å². The van der Waals surface area contributed by atoms with Gasteiger partial charge in [-0.3, -0.25) is 14.6 Å². The molecule has 0 saturated carbocycles. The number of rotatable bonds is 4. The van der Waals surface area contributed by atoms with E-state index in [4.69, 9.17) is 0 Å². The van der Waals surface area contributed by atoms with Crippen molar-refractivity contribution in [3.8, 4) is 0 Å². The number of hydrogen-bond donors (Lipinski definition) is 1. The second-order valence-corrected chi connectivity index (χ2v) is 5.77. The van der Waals surface area contributed by atoms with E-state index in [0.717, 1.165) is 31.5 Å². The molecule has 0 radical (unpaired) electrons. The first-order valence-electron chi connectivity index (χ1n) is 7.90. The number of carbonyl (C=O) groups is 2. The number of likely N-dealkylation sites (tertiary alicyclic amines) is 1. The van der Waals surface area contributed by atoms with E-state index >= 15 is 0 Å². The van der Waals surface area contributed by atoms with Crippen molar-refractivity contribution in [3.63, 3.8) is 0 Å². The van der Waals surface area contributed by atoms with Crippen molar-refractivity contribution in [1.29, 1.82) is 0 Å². The van der Waals surface area contributed by atoms with E-state index in [1.165, 1.54) is 24.5 Å². The Balaban J connectivity index is 1.65. The molecule has 1 aliphatic rings. The molecule has 1 aromatic carbocycles. The average Bonchev–Trinajstić information content (AvgIpc) is 3.15. The number of aromatic nitrogens is 1. The second-order valence-electron chi connectivity index (χ2n) is 5.77. The van der Waals surface area contributed by atoms with Crippen molar-refractivity contribution in [2.45, 2.75) is 19.4 Å². The van der Waals surface area contributed by atoms with Crippen LogP contribution in [0.25, 0.3) is 0 Å². The zero-order valence-electron chi connectivity index (χ0n) is 13.2. The first-order valence-corrected chi connectivity index (χ1v) is 7.90. The fourth-order valence-corrected chi connectivity index (χ4v) is 2.67. The number of pyridine rings is 1. The van der Waals surface area contributed by atoms with E-state index in [9.17, 15) is 14.0 Å². The Bertz CT molecular complexity index is 740. The van der Waals surface area contributed by atoms with Crippen LogP contribution in [0.3, 0.4) is 0 Å². The van der Waals surface area contributed by atoms with Gasteiger partial charge in [-0.05, 0) is 36.6 Å². The van der Waals surface area contributed by atoms with Crippen molar-refractivity contribution in [2.75, 3.05) is 13.1 Å². The van der Waals surface area contributed by atoms with Gasteiger partial charge in [-0.15, -0.1) is 0 Å². The van der Waals surface area contributed by atoms with Gasteiger partial charge in [0.1, 0.15) is 5.82 Å². The molecule has 2 amide bonds.